The molecule has 1 atom stereocenters. The SMILES string of the molecule is N#Cc1ccc(N2CCC(CCO)C2)cc1. The number of hydrogen-bond donors (Lipinski definition) is 1. The molecule has 1 saturated heterocycles. The molecule has 0 radical (unpaired) electrons. The fourth-order valence-corrected chi connectivity index (χ4v) is 2.23. The van der Waals surface area contributed by atoms with E-state index in [0.29, 0.717) is 11.5 Å². The minimum Gasteiger partial charge on any atom is -0.396 e. The van der Waals surface area contributed by atoms with Crippen LogP contribution in [-0.4, -0.2) is 24.8 Å². The molecule has 0 aliphatic carbocycles. The third-order valence-corrected chi connectivity index (χ3v) is 3.18. The predicted molar refractivity (Wildman–Crippen MR) is 63.2 cm³/mol. The second-order valence-electron chi connectivity index (χ2n) is 4.27. The molecule has 1 aromatic rings. The van der Waals surface area contributed by atoms with Crippen LogP contribution in [0.2, 0.25) is 0 Å². The Morgan fingerprint density at radius 3 is 2.75 bits per heavy atom. The zero-order chi connectivity index (χ0) is 11.4. The van der Waals surface area contributed by atoms with Gasteiger partial charge in [-0.3, -0.25) is 0 Å². The maximum Gasteiger partial charge on any atom is 0.0991 e. The Bertz CT molecular complexity index is 380. The number of benzene rings is 1. The van der Waals surface area contributed by atoms with Crippen molar-refractivity contribution >= 4 is 5.69 Å². The quantitative estimate of drug-likeness (QED) is 0.837. The highest BCUT2D eigenvalue weighted by molar-refractivity contribution is 5.50. The number of rotatable bonds is 3. The first kappa shape index (κ1) is 11.0. The Labute approximate surface area is 95.9 Å². The normalized spacial score (nSPS) is 19.8. The molecular formula is C13H16N2O. The van der Waals surface area contributed by atoms with Gasteiger partial charge in [0.05, 0.1) is 11.6 Å². The van der Waals surface area contributed by atoms with Crippen molar-refractivity contribution in [2.45, 2.75) is 12.8 Å². The van der Waals surface area contributed by atoms with Crippen molar-refractivity contribution in [3.8, 4) is 6.07 Å². The lowest BCUT2D eigenvalue weighted by atomic mass is 10.1. The smallest absolute Gasteiger partial charge is 0.0991 e. The lowest BCUT2D eigenvalue weighted by molar-refractivity contribution is 0.263. The number of nitrogens with zero attached hydrogens (tertiary/aromatic N) is 2. The minimum absolute atomic E-state index is 0.284. The Balaban J connectivity index is 2.00. The summed E-state index contributed by atoms with van der Waals surface area (Å²) in [5.74, 6) is 0.612. The lowest BCUT2D eigenvalue weighted by Gasteiger charge is -2.18. The number of anilines is 1. The van der Waals surface area contributed by atoms with Crippen LogP contribution < -0.4 is 4.90 Å². The first-order chi connectivity index (χ1) is 7.83. The Morgan fingerprint density at radius 1 is 1.38 bits per heavy atom. The summed E-state index contributed by atoms with van der Waals surface area (Å²) in [6.07, 6.45) is 2.05. The van der Waals surface area contributed by atoms with Crippen LogP contribution in [0.25, 0.3) is 0 Å². The number of aliphatic hydroxyl groups is 1. The van der Waals surface area contributed by atoms with Crippen LogP contribution in [0, 0.1) is 17.2 Å². The molecule has 16 heavy (non-hydrogen) atoms. The van der Waals surface area contributed by atoms with E-state index in [1.165, 1.54) is 5.69 Å². The molecule has 1 fully saturated rings. The van der Waals surface area contributed by atoms with Gasteiger partial charge in [-0.15, -0.1) is 0 Å². The molecule has 84 valence electrons. The molecule has 1 aliphatic rings. The molecule has 1 heterocycles. The van der Waals surface area contributed by atoms with Crippen LogP contribution in [0.5, 0.6) is 0 Å². The van der Waals surface area contributed by atoms with Gasteiger partial charge in [-0.2, -0.15) is 5.26 Å². The fourth-order valence-electron chi connectivity index (χ4n) is 2.23. The average Bonchev–Trinajstić information content (AvgIpc) is 2.78. The highest BCUT2D eigenvalue weighted by atomic mass is 16.3. The molecule has 0 spiro atoms. The zero-order valence-corrected chi connectivity index (χ0v) is 9.26. The summed E-state index contributed by atoms with van der Waals surface area (Å²) in [6.45, 7) is 2.36. The highest BCUT2D eigenvalue weighted by Gasteiger charge is 2.21. The van der Waals surface area contributed by atoms with E-state index < -0.39 is 0 Å². The predicted octanol–water partition coefficient (Wildman–Crippen LogP) is 1.77. The van der Waals surface area contributed by atoms with Crippen LogP contribution in [0.15, 0.2) is 24.3 Å². The van der Waals surface area contributed by atoms with Crippen molar-refractivity contribution in [2.75, 3.05) is 24.6 Å². The van der Waals surface area contributed by atoms with E-state index in [4.69, 9.17) is 10.4 Å². The molecule has 1 aromatic carbocycles. The van der Waals surface area contributed by atoms with Gasteiger partial charge in [-0.1, -0.05) is 0 Å². The van der Waals surface area contributed by atoms with E-state index in [1.54, 1.807) is 0 Å². The molecular weight excluding hydrogens is 200 g/mol. The van der Waals surface area contributed by atoms with Gasteiger partial charge in [0.2, 0.25) is 0 Å². The Hall–Kier alpha value is -1.53. The van der Waals surface area contributed by atoms with Crippen molar-refractivity contribution in [2.24, 2.45) is 5.92 Å². The topological polar surface area (TPSA) is 47.3 Å². The van der Waals surface area contributed by atoms with Gasteiger partial charge in [-0.05, 0) is 43.0 Å². The summed E-state index contributed by atoms with van der Waals surface area (Å²) in [6, 6.07) is 9.83. The lowest BCUT2D eigenvalue weighted by Crippen LogP contribution is -2.19. The maximum atomic E-state index is 8.90. The van der Waals surface area contributed by atoms with Crippen LogP contribution in [0.3, 0.4) is 0 Å². The molecule has 0 saturated carbocycles. The van der Waals surface area contributed by atoms with Gasteiger partial charge in [0.1, 0.15) is 0 Å². The molecule has 0 bridgehead atoms. The Morgan fingerprint density at radius 2 is 2.12 bits per heavy atom. The molecule has 3 nitrogen and oxygen atoms in total. The van der Waals surface area contributed by atoms with Gasteiger partial charge in [0, 0.05) is 25.4 Å². The summed E-state index contributed by atoms with van der Waals surface area (Å²) in [5, 5.41) is 17.6. The van der Waals surface area contributed by atoms with Crippen molar-refractivity contribution in [3.05, 3.63) is 29.8 Å². The number of aliphatic hydroxyl groups excluding tert-OH is 1. The largest absolute Gasteiger partial charge is 0.396 e. The fraction of sp³-hybridized carbons (Fsp3) is 0.462. The highest BCUT2D eigenvalue weighted by Crippen LogP contribution is 2.25. The summed E-state index contributed by atoms with van der Waals surface area (Å²) in [7, 11) is 0. The minimum atomic E-state index is 0.284. The van der Waals surface area contributed by atoms with E-state index in [2.05, 4.69) is 11.0 Å². The molecule has 1 aliphatic heterocycles. The first-order valence-electron chi connectivity index (χ1n) is 5.69. The average molecular weight is 216 g/mol. The van der Waals surface area contributed by atoms with E-state index in [9.17, 15) is 0 Å². The summed E-state index contributed by atoms with van der Waals surface area (Å²) >= 11 is 0. The van der Waals surface area contributed by atoms with Gasteiger partial charge < -0.3 is 10.0 Å². The third-order valence-electron chi connectivity index (χ3n) is 3.18. The second kappa shape index (κ2) is 5.00. The molecule has 1 N–H and O–H groups in total. The summed E-state index contributed by atoms with van der Waals surface area (Å²) in [5.41, 5.74) is 1.88. The van der Waals surface area contributed by atoms with Crippen LogP contribution in [0.4, 0.5) is 5.69 Å². The number of hydrogen-bond acceptors (Lipinski definition) is 3. The van der Waals surface area contributed by atoms with E-state index in [1.807, 2.05) is 24.3 Å². The number of nitriles is 1. The molecule has 3 heteroatoms. The van der Waals surface area contributed by atoms with Gasteiger partial charge in [0.25, 0.3) is 0 Å². The van der Waals surface area contributed by atoms with Gasteiger partial charge in [0.15, 0.2) is 0 Å². The van der Waals surface area contributed by atoms with E-state index in [0.717, 1.165) is 25.9 Å². The molecule has 1 unspecified atom stereocenters. The van der Waals surface area contributed by atoms with Crippen molar-refractivity contribution < 1.29 is 5.11 Å². The molecule has 0 amide bonds. The van der Waals surface area contributed by atoms with Gasteiger partial charge >= 0.3 is 0 Å². The van der Waals surface area contributed by atoms with E-state index in [-0.39, 0.29) is 6.61 Å². The second-order valence-corrected chi connectivity index (χ2v) is 4.27. The molecule has 0 aromatic heterocycles. The van der Waals surface area contributed by atoms with E-state index >= 15 is 0 Å². The standard InChI is InChI=1S/C13H16N2O/c14-9-11-1-3-13(4-2-11)15-7-5-12(10-15)6-8-16/h1-4,12,16H,5-8,10H2. The Kier molecular flexibility index (Phi) is 3.43. The maximum absolute atomic E-state index is 8.90. The monoisotopic (exact) mass is 216 g/mol. The van der Waals surface area contributed by atoms with Crippen molar-refractivity contribution in [3.63, 3.8) is 0 Å². The first-order valence-corrected chi connectivity index (χ1v) is 5.69. The summed E-state index contributed by atoms with van der Waals surface area (Å²) in [4.78, 5) is 2.32. The van der Waals surface area contributed by atoms with Crippen LogP contribution in [-0.2, 0) is 0 Å². The van der Waals surface area contributed by atoms with Crippen LogP contribution >= 0.6 is 0 Å². The molecule has 2 rings (SSSR count). The van der Waals surface area contributed by atoms with Crippen molar-refractivity contribution in [1.82, 2.24) is 0 Å². The van der Waals surface area contributed by atoms with Crippen molar-refractivity contribution in [1.29, 1.82) is 5.26 Å². The van der Waals surface area contributed by atoms with Crippen LogP contribution in [0.1, 0.15) is 18.4 Å². The summed E-state index contributed by atoms with van der Waals surface area (Å²) < 4.78 is 0. The third kappa shape index (κ3) is 2.34. The zero-order valence-electron chi connectivity index (χ0n) is 9.26. The van der Waals surface area contributed by atoms with Gasteiger partial charge in [-0.25, -0.2) is 0 Å².